The Balaban J connectivity index is 0.000000980. The third kappa shape index (κ3) is 3.08. The Labute approximate surface area is 91.3 Å². The van der Waals surface area contributed by atoms with Gasteiger partial charge in [0.1, 0.15) is 0 Å². The third-order valence-electron chi connectivity index (χ3n) is 2.70. The van der Waals surface area contributed by atoms with E-state index in [2.05, 4.69) is 10.0 Å². The van der Waals surface area contributed by atoms with Crippen LogP contribution in [0.15, 0.2) is 0 Å². The Bertz CT molecular complexity index is 271. The van der Waals surface area contributed by atoms with Crippen LogP contribution in [-0.2, 0) is 10.0 Å². The van der Waals surface area contributed by atoms with Crippen LogP contribution < -0.4 is 10.0 Å². The molecule has 1 saturated carbocycles. The molecule has 14 heavy (non-hydrogen) atoms. The van der Waals surface area contributed by atoms with Crippen molar-refractivity contribution in [3.8, 4) is 0 Å². The van der Waals surface area contributed by atoms with Crippen molar-refractivity contribution in [2.45, 2.75) is 24.5 Å². The van der Waals surface area contributed by atoms with Crippen LogP contribution in [0.25, 0.3) is 0 Å². The number of rotatable bonds is 4. The molecule has 2 fully saturated rings. The second-order valence-electron chi connectivity index (χ2n) is 3.95. The Kier molecular flexibility index (Phi) is 4.18. The molecule has 0 aromatic rings. The highest BCUT2D eigenvalue weighted by molar-refractivity contribution is 7.90. The van der Waals surface area contributed by atoms with Crippen LogP contribution in [0.5, 0.6) is 0 Å². The first-order valence-corrected chi connectivity index (χ1v) is 6.42. The lowest BCUT2D eigenvalue weighted by atomic mass is 10.1. The quantitative estimate of drug-likeness (QED) is 0.733. The fourth-order valence-corrected chi connectivity index (χ4v) is 3.08. The predicted octanol–water partition coefficient (Wildman–Crippen LogP) is 0.0995. The van der Waals surface area contributed by atoms with Gasteiger partial charge in [-0.25, -0.2) is 13.1 Å². The summed E-state index contributed by atoms with van der Waals surface area (Å²) in [6.07, 6.45) is 2.78. The number of hydrogen-bond donors (Lipinski definition) is 2. The van der Waals surface area contributed by atoms with Crippen molar-refractivity contribution in [3.63, 3.8) is 0 Å². The summed E-state index contributed by atoms with van der Waals surface area (Å²) in [5, 5.41) is 3.14. The molecule has 1 aliphatic carbocycles. The highest BCUT2D eigenvalue weighted by Gasteiger charge is 2.35. The van der Waals surface area contributed by atoms with Gasteiger partial charge in [0, 0.05) is 6.54 Å². The number of sulfonamides is 1. The van der Waals surface area contributed by atoms with E-state index in [0.29, 0.717) is 12.5 Å². The van der Waals surface area contributed by atoms with Gasteiger partial charge >= 0.3 is 0 Å². The van der Waals surface area contributed by atoms with E-state index >= 15 is 0 Å². The van der Waals surface area contributed by atoms with Gasteiger partial charge < -0.3 is 5.32 Å². The second-order valence-corrected chi connectivity index (χ2v) is 6.00. The topological polar surface area (TPSA) is 58.2 Å². The van der Waals surface area contributed by atoms with Crippen molar-refractivity contribution in [1.29, 1.82) is 0 Å². The van der Waals surface area contributed by atoms with Gasteiger partial charge in [-0.15, -0.1) is 12.4 Å². The van der Waals surface area contributed by atoms with Gasteiger partial charge in [0.15, 0.2) is 0 Å². The highest BCUT2D eigenvalue weighted by atomic mass is 35.5. The zero-order valence-electron chi connectivity index (χ0n) is 8.03. The summed E-state index contributed by atoms with van der Waals surface area (Å²) in [4.78, 5) is 0. The predicted molar refractivity (Wildman–Crippen MR) is 58.2 cm³/mol. The van der Waals surface area contributed by atoms with Gasteiger partial charge in [-0.1, -0.05) is 0 Å². The normalized spacial score (nSPS) is 27.3. The zero-order valence-corrected chi connectivity index (χ0v) is 9.66. The monoisotopic (exact) mass is 240 g/mol. The fraction of sp³-hybridized carbons (Fsp3) is 1.00. The average Bonchev–Trinajstić information content (AvgIpc) is 2.82. The minimum atomic E-state index is -2.95. The number of halogens is 1. The molecular formula is C8H17ClN2O2S. The minimum absolute atomic E-state index is 0. The first-order valence-electron chi connectivity index (χ1n) is 4.88. The summed E-state index contributed by atoms with van der Waals surface area (Å²) >= 11 is 0. The molecule has 84 valence electrons. The summed E-state index contributed by atoms with van der Waals surface area (Å²) < 4.78 is 25.5. The van der Waals surface area contributed by atoms with Crippen molar-refractivity contribution in [3.05, 3.63) is 0 Å². The maximum atomic E-state index is 11.4. The lowest BCUT2D eigenvalue weighted by Crippen LogP contribution is -2.32. The molecule has 0 radical (unpaired) electrons. The zero-order chi connectivity index (χ0) is 9.31. The Morgan fingerprint density at radius 3 is 2.50 bits per heavy atom. The van der Waals surface area contributed by atoms with E-state index in [1.807, 2.05) is 0 Å². The van der Waals surface area contributed by atoms with Crippen molar-refractivity contribution < 1.29 is 8.42 Å². The summed E-state index contributed by atoms with van der Waals surface area (Å²) in [5.41, 5.74) is 0. The molecule has 0 aromatic heterocycles. The van der Waals surface area contributed by atoms with E-state index in [1.165, 1.54) is 0 Å². The fourth-order valence-electron chi connectivity index (χ4n) is 1.62. The average molecular weight is 241 g/mol. The lowest BCUT2D eigenvalue weighted by molar-refractivity contribution is 0.538. The lowest BCUT2D eigenvalue weighted by Gasteiger charge is -2.09. The summed E-state index contributed by atoms with van der Waals surface area (Å²) in [6, 6.07) is 0. The highest BCUT2D eigenvalue weighted by Crippen LogP contribution is 2.27. The molecule has 1 heterocycles. The molecule has 0 bridgehead atoms. The van der Waals surface area contributed by atoms with E-state index in [1.54, 1.807) is 0 Å². The van der Waals surface area contributed by atoms with Crippen LogP contribution >= 0.6 is 12.4 Å². The van der Waals surface area contributed by atoms with E-state index in [4.69, 9.17) is 0 Å². The van der Waals surface area contributed by atoms with Crippen LogP contribution in [-0.4, -0.2) is 33.3 Å². The van der Waals surface area contributed by atoms with Gasteiger partial charge in [0.25, 0.3) is 0 Å². The Hall–Kier alpha value is 0.160. The molecule has 4 nitrogen and oxygen atoms in total. The van der Waals surface area contributed by atoms with E-state index in [-0.39, 0.29) is 17.7 Å². The van der Waals surface area contributed by atoms with Gasteiger partial charge in [-0.3, -0.25) is 0 Å². The molecule has 0 spiro atoms. The van der Waals surface area contributed by atoms with E-state index in [9.17, 15) is 8.42 Å². The molecular weight excluding hydrogens is 224 g/mol. The minimum Gasteiger partial charge on any atom is -0.316 e. The van der Waals surface area contributed by atoms with Crippen LogP contribution in [0, 0.1) is 5.92 Å². The maximum absolute atomic E-state index is 11.4. The maximum Gasteiger partial charge on any atom is 0.214 e. The Morgan fingerprint density at radius 2 is 2.00 bits per heavy atom. The van der Waals surface area contributed by atoms with Crippen molar-refractivity contribution in [2.24, 2.45) is 5.92 Å². The third-order valence-corrected chi connectivity index (χ3v) is 4.62. The summed E-state index contributed by atoms with van der Waals surface area (Å²) in [5.74, 6) is 0.494. The summed E-state index contributed by atoms with van der Waals surface area (Å²) in [6.45, 7) is 2.59. The molecule has 6 heteroatoms. The first-order chi connectivity index (χ1) is 6.18. The van der Waals surface area contributed by atoms with Gasteiger partial charge in [0.05, 0.1) is 5.25 Å². The molecule has 2 aliphatic rings. The van der Waals surface area contributed by atoms with E-state index < -0.39 is 10.0 Å². The Morgan fingerprint density at radius 1 is 1.29 bits per heavy atom. The molecule has 1 atom stereocenters. The van der Waals surface area contributed by atoms with Gasteiger partial charge in [0.2, 0.25) is 10.0 Å². The van der Waals surface area contributed by atoms with Crippen molar-refractivity contribution >= 4 is 22.4 Å². The second kappa shape index (κ2) is 4.79. The van der Waals surface area contributed by atoms with Crippen LogP contribution in [0.2, 0.25) is 0 Å². The number of hydrogen-bond acceptors (Lipinski definition) is 3. The molecule has 2 rings (SSSR count). The van der Waals surface area contributed by atoms with Crippen LogP contribution in [0.1, 0.15) is 19.3 Å². The largest absolute Gasteiger partial charge is 0.316 e. The standard InChI is InChI=1S/C8H16N2O2S.ClH/c11-13(12,8-1-2-8)10-6-7-3-4-9-5-7;/h7-10H,1-6H2;1H. The van der Waals surface area contributed by atoms with Crippen LogP contribution in [0.3, 0.4) is 0 Å². The van der Waals surface area contributed by atoms with Gasteiger partial charge in [-0.2, -0.15) is 0 Å². The molecule has 1 unspecified atom stereocenters. The van der Waals surface area contributed by atoms with Gasteiger partial charge in [-0.05, 0) is 38.3 Å². The van der Waals surface area contributed by atoms with Crippen molar-refractivity contribution in [1.82, 2.24) is 10.0 Å². The smallest absolute Gasteiger partial charge is 0.214 e. The number of nitrogens with one attached hydrogen (secondary N) is 2. The molecule has 1 aliphatic heterocycles. The molecule has 2 N–H and O–H groups in total. The molecule has 1 saturated heterocycles. The van der Waals surface area contributed by atoms with Crippen molar-refractivity contribution in [2.75, 3.05) is 19.6 Å². The first kappa shape index (κ1) is 12.2. The van der Waals surface area contributed by atoms with E-state index in [0.717, 1.165) is 32.4 Å². The summed E-state index contributed by atoms with van der Waals surface area (Å²) in [7, 11) is -2.95. The van der Waals surface area contributed by atoms with Crippen LogP contribution in [0.4, 0.5) is 0 Å². The SMILES string of the molecule is Cl.O=S(=O)(NCC1CCNC1)C1CC1. The molecule has 0 amide bonds. The molecule has 0 aromatic carbocycles.